The fourth-order valence-corrected chi connectivity index (χ4v) is 5.27. The molecule has 6 rings (SSSR count). The van der Waals surface area contributed by atoms with Crippen LogP contribution in [0.2, 0.25) is 0 Å². The zero-order chi connectivity index (χ0) is 26.0. The molecule has 0 unspecified atom stereocenters. The van der Waals surface area contributed by atoms with Crippen LogP contribution >= 0.6 is 0 Å². The van der Waals surface area contributed by atoms with Crippen LogP contribution in [0.25, 0.3) is 55.0 Å². The number of hydrogen-bond donors (Lipinski definition) is 2. The molecule has 0 bridgehead atoms. The number of furan rings is 1. The molecule has 0 spiro atoms. The molecule has 0 aliphatic heterocycles. The molecule has 0 aliphatic carbocycles. The Bertz CT molecular complexity index is 1790. The lowest BCUT2D eigenvalue weighted by molar-refractivity contribution is 0.426. The fourth-order valence-electron chi connectivity index (χ4n) is 5.27. The lowest BCUT2D eigenvalue weighted by Crippen LogP contribution is -2.55. The third kappa shape index (κ3) is 3.45. The second-order valence-corrected chi connectivity index (χ2v) is 9.00. The van der Waals surface area contributed by atoms with Crippen molar-refractivity contribution >= 4 is 112 Å². The number of fused-ring (bicyclic) bond motifs is 3. The van der Waals surface area contributed by atoms with Gasteiger partial charge < -0.3 is 14.5 Å². The summed E-state index contributed by atoms with van der Waals surface area (Å²) >= 11 is 0. The van der Waals surface area contributed by atoms with Crippen molar-refractivity contribution in [3.8, 4) is 22.5 Å². The van der Waals surface area contributed by atoms with Crippen LogP contribution in [0.5, 0.6) is 0 Å². The summed E-state index contributed by atoms with van der Waals surface area (Å²) < 4.78 is 6.42. The van der Waals surface area contributed by atoms with Gasteiger partial charge in [0.15, 0.2) is 0 Å². The van der Waals surface area contributed by atoms with Crippen LogP contribution < -0.4 is 32.8 Å². The standard InChI is InChI=1S/C28H14B6O3/c29-22-21(23(30)25(32)26(33)24(22)31)28-20(17-11-5-6-12-18(17)37-28)19-13-7-1-3-9-15(13)27(34(35)36)16-10-4-2-8-14(16)19/h1-12,35-36H. The van der Waals surface area contributed by atoms with Gasteiger partial charge in [0.25, 0.3) is 0 Å². The molecule has 3 nitrogen and oxygen atoms in total. The second-order valence-electron chi connectivity index (χ2n) is 9.00. The molecule has 0 atom stereocenters. The smallest absolute Gasteiger partial charge is 0.455 e. The summed E-state index contributed by atoms with van der Waals surface area (Å²) in [4.78, 5) is 0. The van der Waals surface area contributed by atoms with Crippen LogP contribution in [0, 0.1) is 0 Å². The van der Waals surface area contributed by atoms with Crippen LogP contribution in [-0.2, 0) is 0 Å². The van der Waals surface area contributed by atoms with Crippen LogP contribution in [0.4, 0.5) is 0 Å². The molecular formula is C28H14B6O3. The van der Waals surface area contributed by atoms with Gasteiger partial charge in [0.2, 0.25) is 0 Å². The van der Waals surface area contributed by atoms with Crippen LogP contribution in [0.15, 0.2) is 77.2 Å². The lowest BCUT2D eigenvalue weighted by atomic mass is 9.60. The van der Waals surface area contributed by atoms with E-state index in [0.29, 0.717) is 33.1 Å². The maximum atomic E-state index is 10.4. The predicted molar refractivity (Wildman–Crippen MR) is 159 cm³/mol. The molecule has 0 fully saturated rings. The summed E-state index contributed by atoms with van der Waals surface area (Å²) in [7, 11) is 29.8. The van der Waals surface area contributed by atoms with Gasteiger partial charge in [0.05, 0.1) is 0 Å². The van der Waals surface area contributed by atoms with E-state index < -0.39 is 7.12 Å². The summed E-state index contributed by atoms with van der Waals surface area (Å²) in [5, 5.41) is 24.5. The molecule has 6 aromatic rings. The number of benzene rings is 5. The van der Waals surface area contributed by atoms with E-state index in [4.69, 9.17) is 43.6 Å². The van der Waals surface area contributed by atoms with E-state index in [9.17, 15) is 10.0 Å². The van der Waals surface area contributed by atoms with Crippen molar-refractivity contribution in [1.29, 1.82) is 0 Å². The Morgan fingerprint density at radius 2 is 0.919 bits per heavy atom. The van der Waals surface area contributed by atoms with Crippen molar-refractivity contribution in [3.63, 3.8) is 0 Å². The highest BCUT2D eigenvalue weighted by Gasteiger charge is 2.27. The van der Waals surface area contributed by atoms with Gasteiger partial charge in [-0.15, -0.1) is 16.4 Å². The third-order valence-electron chi connectivity index (χ3n) is 7.00. The normalized spacial score (nSPS) is 11.5. The summed E-state index contributed by atoms with van der Waals surface area (Å²) in [6.45, 7) is 0. The minimum atomic E-state index is -1.67. The number of para-hydroxylation sites is 1. The molecule has 1 heterocycles. The van der Waals surface area contributed by atoms with Crippen molar-refractivity contribution in [1.82, 2.24) is 0 Å². The molecule has 10 radical (unpaired) electrons. The molecule has 37 heavy (non-hydrogen) atoms. The maximum Gasteiger partial charge on any atom is 0.489 e. The quantitative estimate of drug-likeness (QED) is 0.281. The van der Waals surface area contributed by atoms with Gasteiger partial charge in [-0.25, -0.2) is 0 Å². The highest BCUT2D eigenvalue weighted by molar-refractivity contribution is 6.69. The molecule has 0 amide bonds. The van der Waals surface area contributed by atoms with Gasteiger partial charge in [-0.3, -0.25) is 0 Å². The summed E-state index contributed by atoms with van der Waals surface area (Å²) in [6, 6.07) is 22.7. The van der Waals surface area contributed by atoms with Crippen LogP contribution in [-0.4, -0.2) is 56.4 Å². The fraction of sp³-hybridized carbons (Fsp3) is 0. The van der Waals surface area contributed by atoms with E-state index >= 15 is 0 Å². The zero-order valence-corrected chi connectivity index (χ0v) is 19.7. The number of rotatable bonds is 3. The second kappa shape index (κ2) is 8.79. The summed E-state index contributed by atoms with van der Waals surface area (Å²) in [6.07, 6.45) is 0. The highest BCUT2D eigenvalue weighted by Crippen LogP contribution is 2.45. The minimum Gasteiger partial charge on any atom is -0.455 e. The Balaban J connectivity index is 1.88. The first-order valence-electron chi connectivity index (χ1n) is 11.6. The molecular weight excluding hydrogens is 449 g/mol. The Labute approximate surface area is 221 Å². The molecule has 162 valence electrons. The average molecular weight is 463 g/mol. The Kier molecular flexibility index (Phi) is 5.67. The molecule has 2 N–H and O–H groups in total. The molecule has 1 aromatic heterocycles. The van der Waals surface area contributed by atoms with E-state index in [2.05, 4.69) is 0 Å². The monoisotopic (exact) mass is 464 g/mol. The average Bonchev–Trinajstić information content (AvgIpc) is 3.27. The van der Waals surface area contributed by atoms with E-state index in [0.717, 1.165) is 27.3 Å². The van der Waals surface area contributed by atoms with Crippen LogP contribution in [0.1, 0.15) is 0 Å². The van der Waals surface area contributed by atoms with E-state index in [1.165, 1.54) is 0 Å². The SMILES string of the molecule is [B]c1c([B])c([B])c(-c2oc3ccccc3c2-c2c3ccccc3c(B(O)O)c3ccccc23)c([B])c1[B]. The van der Waals surface area contributed by atoms with Gasteiger partial charge in [0.1, 0.15) is 50.6 Å². The number of hydrogen-bond acceptors (Lipinski definition) is 3. The van der Waals surface area contributed by atoms with Gasteiger partial charge in [-0.2, -0.15) is 0 Å². The first kappa shape index (κ1) is 23.8. The Morgan fingerprint density at radius 3 is 1.43 bits per heavy atom. The van der Waals surface area contributed by atoms with E-state index in [1.54, 1.807) is 0 Å². The first-order valence-corrected chi connectivity index (χ1v) is 11.6. The van der Waals surface area contributed by atoms with Crippen molar-refractivity contribution in [2.24, 2.45) is 0 Å². The molecule has 5 aromatic carbocycles. The first-order chi connectivity index (χ1) is 17.8. The van der Waals surface area contributed by atoms with E-state index in [-0.39, 0.29) is 27.3 Å². The maximum absolute atomic E-state index is 10.4. The third-order valence-corrected chi connectivity index (χ3v) is 7.00. The molecule has 0 aliphatic rings. The largest absolute Gasteiger partial charge is 0.489 e. The zero-order valence-electron chi connectivity index (χ0n) is 19.7. The van der Waals surface area contributed by atoms with Crippen molar-refractivity contribution in [2.75, 3.05) is 0 Å². The van der Waals surface area contributed by atoms with Crippen molar-refractivity contribution < 1.29 is 14.5 Å². The highest BCUT2D eigenvalue weighted by atomic mass is 16.4. The molecule has 9 heteroatoms. The Morgan fingerprint density at radius 1 is 0.486 bits per heavy atom. The summed E-state index contributed by atoms with van der Waals surface area (Å²) in [5.74, 6) is 0.391. The Hall–Kier alpha value is -3.53. The topological polar surface area (TPSA) is 53.6 Å². The van der Waals surface area contributed by atoms with Crippen LogP contribution in [0.3, 0.4) is 0 Å². The van der Waals surface area contributed by atoms with E-state index in [1.807, 2.05) is 72.8 Å². The van der Waals surface area contributed by atoms with Gasteiger partial charge in [-0.05, 0) is 33.1 Å². The summed E-state index contributed by atoms with van der Waals surface area (Å²) in [5.41, 5.74) is 3.64. The predicted octanol–water partition coefficient (Wildman–Crippen LogP) is -0.278. The molecule has 0 saturated heterocycles. The molecule has 0 saturated carbocycles. The lowest BCUT2D eigenvalue weighted by Gasteiger charge is -2.22. The van der Waals surface area contributed by atoms with Gasteiger partial charge in [-0.1, -0.05) is 77.7 Å². The minimum absolute atomic E-state index is 0.119. The van der Waals surface area contributed by atoms with Crippen molar-refractivity contribution in [3.05, 3.63) is 72.8 Å². The van der Waals surface area contributed by atoms with Gasteiger partial charge >= 0.3 is 7.12 Å². The van der Waals surface area contributed by atoms with Crippen molar-refractivity contribution in [2.45, 2.75) is 0 Å². The van der Waals surface area contributed by atoms with Gasteiger partial charge in [0, 0.05) is 22.1 Å².